The zero-order chi connectivity index (χ0) is 13.9. The van der Waals surface area contributed by atoms with E-state index in [0.29, 0.717) is 6.04 Å². The summed E-state index contributed by atoms with van der Waals surface area (Å²) in [6, 6.07) is 12.3. The van der Waals surface area contributed by atoms with Gasteiger partial charge in [0, 0.05) is 10.5 Å². The predicted octanol–water partition coefficient (Wildman–Crippen LogP) is 3.65. The van der Waals surface area contributed by atoms with Gasteiger partial charge in [-0.15, -0.1) is 0 Å². The molecule has 0 atom stereocenters. The average Bonchev–Trinajstić information content (AvgIpc) is 2.40. The number of hydrogen-bond acceptors (Lipinski definition) is 2. The van der Waals surface area contributed by atoms with Crippen molar-refractivity contribution in [1.82, 2.24) is 5.32 Å². The molecule has 0 spiro atoms. The molecule has 0 saturated heterocycles. The monoisotopic (exact) mass is 333 g/mol. The van der Waals surface area contributed by atoms with Gasteiger partial charge in [-0.3, -0.25) is 4.79 Å². The van der Waals surface area contributed by atoms with E-state index < -0.39 is 0 Å². The second-order valence-electron chi connectivity index (χ2n) is 5.14. The first kappa shape index (κ1) is 13.4. The standard InChI is InChI=1S/C16H16BrNO2/c17-13-6-4-11-5-7-15(9-12(11)8-13)20-10-16(19)18-14-2-1-3-14/h4-9,14H,1-3,10H2,(H,18,19). The number of carbonyl (C=O) groups excluding carboxylic acids is 1. The molecule has 1 N–H and O–H groups in total. The summed E-state index contributed by atoms with van der Waals surface area (Å²) in [6.45, 7) is 0.0794. The van der Waals surface area contributed by atoms with Crippen molar-refractivity contribution in [2.24, 2.45) is 0 Å². The van der Waals surface area contributed by atoms with E-state index in [1.54, 1.807) is 0 Å². The first-order valence-corrected chi connectivity index (χ1v) is 7.61. The Labute approximate surface area is 126 Å². The molecule has 0 bridgehead atoms. The van der Waals surface area contributed by atoms with Crippen molar-refractivity contribution in [3.8, 4) is 5.75 Å². The highest BCUT2D eigenvalue weighted by Gasteiger charge is 2.19. The molecule has 2 aromatic rings. The second-order valence-corrected chi connectivity index (χ2v) is 6.05. The van der Waals surface area contributed by atoms with Crippen LogP contribution >= 0.6 is 15.9 Å². The zero-order valence-corrected chi connectivity index (χ0v) is 12.7. The van der Waals surface area contributed by atoms with E-state index in [1.807, 2.05) is 36.4 Å². The number of nitrogens with one attached hydrogen (secondary N) is 1. The fourth-order valence-electron chi connectivity index (χ4n) is 2.26. The van der Waals surface area contributed by atoms with Crippen LogP contribution in [0.15, 0.2) is 40.9 Å². The van der Waals surface area contributed by atoms with Crippen molar-refractivity contribution in [3.63, 3.8) is 0 Å². The van der Waals surface area contributed by atoms with Gasteiger partial charge in [0.2, 0.25) is 0 Å². The van der Waals surface area contributed by atoms with E-state index in [2.05, 4.69) is 21.2 Å². The molecule has 0 radical (unpaired) electrons. The topological polar surface area (TPSA) is 38.3 Å². The van der Waals surface area contributed by atoms with Crippen molar-refractivity contribution in [3.05, 3.63) is 40.9 Å². The third-order valence-corrected chi connectivity index (χ3v) is 4.11. The van der Waals surface area contributed by atoms with Gasteiger partial charge < -0.3 is 10.1 Å². The van der Waals surface area contributed by atoms with Crippen LogP contribution in [0.2, 0.25) is 0 Å². The quantitative estimate of drug-likeness (QED) is 0.927. The Kier molecular flexibility index (Phi) is 3.92. The smallest absolute Gasteiger partial charge is 0.258 e. The summed E-state index contributed by atoms with van der Waals surface area (Å²) in [5.41, 5.74) is 0. The molecule has 1 saturated carbocycles. The van der Waals surface area contributed by atoms with Gasteiger partial charge in [-0.2, -0.15) is 0 Å². The lowest BCUT2D eigenvalue weighted by atomic mass is 9.93. The Morgan fingerprint density at radius 1 is 1.20 bits per heavy atom. The normalized spacial score (nSPS) is 14.8. The van der Waals surface area contributed by atoms with Gasteiger partial charge in [-0.25, -0.2) is 0 Å². The third kappa shape index (κ3) is 3.12. The molecule has 104 valence electrons. The predicted molar refractivity (Wildman–Crippen MR) is 82.9 cm³/mol. The van der Waals surface area contributed by atoms with Crippen LogP contribution in [0.4, 0.5) is 0 Å². The lowest BCUT2D eigenvalue weighted by molar-refractivity contribution is -0.124. The molecule has 0 aliphatic heterocycles. The molecule has 1 amide bonds. The maximum atomic E-state index is 11.7. The molecular weight excluding hydrogens is 318 g/mol. The molecule has 4 heteroatoms. The zero-order valence-electron chi connectivity index (χ0n) is 11.1. The van der Waals surface area contributed by atoms with E-state index in [1.165, 1.54) is 6.42 Å². The molecule has 1 fully saturated rings. The summed E-state index contributed by atoms with van der Waals surface area (Å²) in [6.07, 6.45) is 3.40. The van der Waals surface area contributed by atoms with Crippen molar-refractivity contribution in [1.29, 1.82) is 0 Å². The minimum Gasteiger partial charge on any atom is -0.484 e. The third-order valence-electron chi connectivity index (χ3n) is 3.61. The molecule has 0 heterocycles. The highest BCUT2D eigenvalue weighted by molar-refractivity contribution is 9.10. The maximum Gasteiger partial charge on any atom is 0.258 e. The lowest BCUT2D eigenvalue weighted by Gasteiger charge is -2.26. The summed E-state index contributed by atoms with van der Waals surface area (Å²) < 4.78 is 6.59. The van der Waals surface area contributed by atoms with E-state index >= 15 is 0 Å². The van der Waals surface area contributed by atoms with Crippen molar-refractivity contribution in [2.75, 3.05) is 6.61 Å². The van der Waals surface area contributed by atoms with Crippen LogP contribution in [0.25, 0.3) is 10.8 Å². The number of rotatable bonds is 4. The van der Waals surface area contributed by atoms with Crippen LogP contribution in [0.5, 0.6) is 5.75 Å². The van der Waals surface area contributed by atoms with E-state index in [0.717, 1.165) is 33.8 Å². The van der Waals surface area contributed by atoms with Crippen LogP contribution in [0.3, 0.4) is 0 Å². The molecule has 1 aliphatic carbocycles. The molecular formula is C16H16BrNO2. The van der Waals surface area contributed by atoms with Gasteiger partial charge in [0.1, 0.15) is 5.75 Å². The Morgan fingerprint density at radius 2 is 2.00 bits per heavy atom. The minimum atomic E-state index is -0.0379. The number of benzene rings is 2. The first-order valence-electron chi connectivity index (χ1n) is 6.82. The average molecular weight is 334 g/mol. The molecule has 1 aliphatic rings. The van der Waals surface area contributed by atoms with Crippen LogP contribution in [-0.2, 0) is 4.79 Å². The number of amides is 1. The number of carbonyl (C=O) groups is 1. The van der Waals surface area contributed by atoms with Crippen molar-refractivity contribution in [2.45, 2.75) is 25.3 Å². The number of hydrogen-bond donors (Lipinski definition) is 1. The summed E-state index contributed by atoms with van der Waals surface area (Å²) in [5.74, 6) is 0.684. The van der Waals surface area contributed by atoms with Gasteiger partial charge in [-0.1, -0.05) is 28.1 Å². The van der Waals surface area contributed by atoms with Gasteiger partial charge >= 0.3 is 0 Å². The molecule has 20 heavy (non-hydrogen) atoms. The summed E-state index contributed by atoms with van der Waals surface area (Å²) in [5, 5.41) is 5.21. The fraction of sp³-hybridized carbons (Fsp3) is 0.312. The molecule has 3 rings (SSSR count). The highest BCUT2D eigenvalue weighted by Crippen LogP contribution is 2.24. The molecule has 3 nitrogen and oxygen atoms in total. The maximum absolute atomic E-state index is 11.7. The SMILES string of the molecule is O=C(COc1ccc2ccc(Br)cc2c1)NC1CCC1. The summed E-state index contributed by atoms with van der Waals surface area (Å²) >= 11 is 3.46. The first-order chi connectivity index (χ1) is 9.70. The number of ether oxygens (including phenoxy) is 1. The van der Waals surface area contributed by atoms with Crippen LogP contribution in [0, 0.1) is 0 Å². The van der Waals surface area contributed by atoms with Gasteiger partial charge in [-0.05, 0) is 54.3 Å². The lowest BCUT2D eigenvalue weighted by Crippen LogP contribution is -2.41. The number of halogens is 1. The minimum absolute atomic E-state index is 0.0379. The summed E-state index contributed by atoms with van der Waals surface area (Å²) in [4.78, 5) is 11.7. The summed E-state index contributed by atoms with van der Waals surface area (Å²) in [7, 11) is 0. The molecule has 0 unspecified atom stereocenters. The fourth-order valence-corrected chi connectivity index (χ4v) is 2.64. The van der Waals surface area contributed by atoms with Gasteiger partial charge in [0.15, 0.2) is 6.61 Å². The van der Waals surface area contributed by atoms with Gasteiger partial charge in [0.05, 0.1) is 0 Å². The second kappa shape index (κ2) is 5.83. The van der Waals surface area contributed by atoms with E-state index in [-0.39, 0.29) is 12.5 Å². The van der Waals surface area contributed by atoms with Crippen LogP contribution < -0.4 is 10.1 Å². The van der Waals surface area contributed by atoms with Crippen molar-refractivity contribution >= 4 is 32.6 Å². The Hall–Kier alpha value is -1.55. The molecule has 2 aromatic carbocycles. The van der Waals surface area contributed by atoms with Gasteiger partial charge in [0.25, 0.3) is 5.91 Å². The number of fused-ring (bicyclic) bond motifs is 1. The largest absolute Gasteiger partial charge is 0.484 e. The molecule has 0 aromatic heterocycles. The van der Waals surface area contributed by atoms with Crippen LogP contribution in [-0.4, -0.2) is 18.6 Å². The highest BCUT2D eigenvalue weighted by atomic mass is 79.9. The van der Waals surface area contributed by atoms with Crippen molar-refractivity contribution < 1.29 is 9.53 Å². The van der Waals surface area contributed by atoms with E-state index in [4.69, 9.17) is 4.74 Å². The van der Waals surface area contributed by atoms with Crippen LogP contribution in [0.1, 0.15) is 19.3 Å². The Morgan fingerprint density at radius 3 is 2.75 bits per heavy atom. The van der Waals surface area contributed by atoms with E-state index in [9.17, 15) is 4.79 Å². The Balaban J connectivity index is 1.63. The Bertz CT molecular complexity index is 637.